The first-order valence-corrected chi connectivity index (χ1v) is 6.34. The summed E-state index contributed by atoms with van der Waals surface area (Å²) in [6.07, 6.45) is 1.49. The summed E-state index contributed by atoms with van der Waals surface area (Å²) in [6.45, 7) is 5.53. The van der Waals surface area contributed by atoms with Gasteiger partial charge >= 0.3 is 0 Å². The zero-order valence-corrected chi connectivity index (χ0v) is 11.7. The summed E-state index contributed by atoms with van der Waals surface area (Å²) in [6, 6.07) is 9.35. The van der Waals surface area contributed by atoms with Crippen LogP contribution in [0, 0.1) is 0 Å². The van der Waals surface area contributed by atoms with Crippen molar-refractivity contribution in [2.24, 2.45) is 0 Å². The van der Waals surface area contributed by atoms with E-state index >= 15 is 0 Å². The molecule has 1 amide bonds. The van der Waals surface area contributed by atoms with Crippen molar-refractivity contribution in [3.05, 3.63) is 52.6 Å². The molecule has 0 radical (unpaired) electrons. The van der Waals surface area contributed by atoms with Crippen LogP contribution in [0.5, 0.6) is 0 Å². The number of nitrogens with one attached hydrogen (secondary N) is 2. The maximum Gasteiger partial charge on any atom is 0.280 e. The number of hydrogen-bond acceptors (Lipinski definition) is 3. The van der Waals surface area contributed by atoms with Crippen LogP contribution in [-0.2, 0) is 0 Å². The predicted molar refractivity (Wildman–Crippen MR) is 77.5 cm³/mol. The summed E-state index contributed by atoms with van der Waals surface area (Å²) in [4.78, 5) is 30.6. The number of carbonyl (C=O) groups excluding carboxylic acids is 1. The van der Waals surface area contributed by atoms with Crippen LogP contribution < -0.4 is 10.9 Å². The van der Waals surface area contributed by atoms with E-state index in [4.69, 9.17) is 0 Å². The molecular formula is C15H17N3O2. The molecule has 0 aliphatic heterocycles. The van der Waals surface area contributed by atoms with Crippen LogP contribution in [-0.4, -0.2) is 21.4 Å². The molecule has 0 atom stereocenters. The smallest absolute Gasteiger partial charge is 0.280 e. The Morgan fingerprint density at radius 2 is 1.85 bits per heavy atom. The van der Waals surface area contributed by atoms with Gasteiger partial charge in [-0.15, -0.1) is 0 Å². The number of carbonyl (C=O) groups is 1. The van der Waals surface area contributed by atoms with Gasteiger partial charge in [0.2, 0.25) is 0 Å². The Balaban J connectivity index is 2.32. The lowest BCUT2D eigenvalue weighted by molar-refractivity contribution is 0.0912. The topological polar surface area (TPSA) is 74.8 Å². The fraction of sp³-hybridized carbons (Fsp3) is 0.267. The standard InChI is InChI=1S/C15H17N3O2/c1-15(2,3)18-14(20)12-13(19)17-11(9-16-12)10-7-5-4-6-8-10/h4-9H,1-3H3,(H,17,19)(H,18,20). The van der Waals surface area contributed by atoms with Crippen molar-refractivity contribution < 1.29 is 4.79 Å². The van der Waals surface area contributed by atoms with Gasteiger partial charge < -0.3 is 10.3 Å². The van der Waals surface area contributed by atoms with Gasteiger partial charge in [-0.3, -0.25) is 9.59 Å². The summed E-state index contributed by atoms with van der Waals surface area (Å²) in [5.74, 6) is -0.474. The minimum atomic E-state index is -0.492. The molecule has 0 aliphatic rings. The van der Waals surface area contributed by atoms with E-state index in [9.17, 15) is 9.59 Å². The van der Waals surface area contributed by atoms with Crippen molar-refractivity contribution in [2.75, 3.05) is 0 Å². The molecule has 2 rings (SSSR count). The van der Waals surface area contributed by atoms with E-state index < -0.39 is 17.0 Å². The number of rotatable bonds is 2. The zero-order valence-electron chi connectivity index (χ0n) is 11.7. The molecule has 5 nitrogen and oxygen atoms in total. The van der Waals surface area contributed by atoms with E-state index in [0.29, 0.717) is 5.69 Å². The minimum absolute atomic E-state index is 0.125. The van der Waals surface area contributed by atoms with Crippen molar-refractivity contribution in [3.8, 4) is 11.3 Å². The molecule has 104 valence electrons. The van der Waals surface area contributed by atoms with Crippen LogP contribution in [0.3, 0.4) is 0 Å². The van der Waals surface area contributed by atoms with Gasteiger partial charge in [0, 0.05) is 5.54 Å². The second-order valence-corrected chi connectivity index (χ2v) is 5.54. The Labute approximate surface area is 117 Å². The van der Waals surface area contributed by atoms with Crippen LogP contribution in [0.2, 0.25) is 0 Å². The number of hydrogen-bond donors (Lipinski definition) is 2. The molecule has 0 fully saturated rings. The Morgan fingerprint density at radius 1 is 1.20 bits per heavy atom. The number of aromatic nitrogens is 2. The van der Waals surface area contributed by atoms with Crippen molar-refractivity contribution in [3.63, 3.8) is 0 Å². The third-order valence-electron chi connectivity index (χ3n) is 2.57. The lowest BCUT2D eigenvalue weighted by Gasteiger charge is -2.19. The normalized spacial score (nSPS) is 11.2. The molecule has 1 aromatic heterocycles. The average molecular weight is 271 g/mol. The highest BCUT2D eigenvalue weighted by atomic mass is 16.2. The Kier molecular flexibility index (Phi) is 3.70. The highest BCUT2D eigenvalue weighted by Crippen LogP contribution is 2.13. The van der Waals surface area contributed by atoms with Gasteiger partial charge in [0.25, 0.3) is 11.5 Å². The molecule has 5 heteroatoms. The van der Waals surface area contributed by atoms with E-state index in [1.807, 2.05) is 51.1 Å². The monoisotopic (exact) mass is 271 g/mol. The van der Waals surface area contributed by atoms with Gasteiger partial charge in [-0.05, 0) is 26.3 Å². The maximum absolute atomic E-state index is 12.0. The highest BCUT2D eigenvalue weighted by molar-refractivity contribution is 5.92. The quantitative estimate of drug-likeness (QED) is 0.876. The number of H-pyrrole nitrogens is 1. The van der Waals surface area contributed by atoms with Crippen molar-refractivity contribution in [1.82, 2.24) is 15.3 Å². The average Bonchev–Trinajstić information content (AvgIpc) is 2.37. The first-order valence-electron chi connectivity index (χ1n) is 6.34. The summed E-state index contributed by atoms with van der Waals surface area (Å²) >= 11 is 0. The first kappa shape index (κ1) is 14.0. The molecule has 20 heavy (non-hydrogen) atoms. The molecule has 0 saturated carbocycles. The Bertz CT molecular complexity index is 670. The molecule has 2 aromatic rings. The molecule has 1 heterocycles. The van der Waals surface area contributed by atoms with Gasteiger partial charge in [0.05, 0.1) is 11.9 Å². The van der Waals surface area contributed by atoms with Crippen molar-refractivity contribution in [2.45, 2.75) is 26.3 Å². The van der Waals surface area contributed by atoms with Gasteiger partial charge in [-0.1, -0.05) is 30.3 Å². The minimum Gasteiger partial charge on any atom is -0.346 e. The summed E-state index contributed by atoms with van der Waals surface area (Å²) in [7, 11) is 0. The lowest BCUT2D eigenvalue weighted by atomic mass is 10.1. The van der Waals surface area contributed by atoms with Crippen LogP contribution in [0.4, 0.5) is 0 Å². The number of aromatic amines is 1. The van der Waals surface area contributed by atoms with Crippen LogP contribution >= 0.6 is 0 Å². The third-order valence-corrected chi connectivity index (χ3v) is 2.57. The number of benzene rings is 1. The summed E-state index contributed by atoms with van der Waals surface area (Å²) in [5.41, 5.74) is 0.402. The fourth-order valence-corrected chi connectivity index (χ4v) is 1.73. The summed E-state index contributed by atoms with van der Waals surface area (Å²) in [5, 5.41) is 2.71. The lowest BCUT2D eigenvalue weighted by Crippen LogP contribution is -2.43. The second-order valence-electron chi connectivity index (χ2n) is 5.54. The van der Waals surface area contributed by atoms with E-state index in [2.05, 4.69) is 15.3 Å². The molecule has 0 spiro atoms. The van der Waals surface area contributed by atoms with Gasteiger partial charge in [0.1, 0.15) is 0 Å². The molecule has 0 unspecified atom stereocenters. The molecule has 2 N–H and O–H groups in total. The van der Waals surface area contributed by atoms with Crippen LogP contribution in [0.15, 0.2) is 41.3 Å². The van der Waals surface area contributed by atoms with E-state index in [1.54, 1.807) is 0 Å². The Morgan fingerprint density at radius 3 is 2.40 bits per heavy atom. The van der Waals surface area contributed by atoms with Gasteiger partial charge in [-0.2, -0.15) is 0 Å². The molecule has 0 saturated heterocycles. The molecule has 1 aromatic carbocycles. The molecule has 0 aliphatic carbocycles. The van der Waals surface area contributed by atoms with E-state index in [-0.39, 0.29) is 5.69 Å². The largest absolute Gasteiger partial charge is 0.346 e. The van der Waals surface area contributed by atoms with Crippen molar-refractivity contribution in [1.29, 1.82) is 0 Å². The van der Waals surface area contributed by atoms with E-state index in [1.165, 1.54) is 6.20 Å². The van der Waals surface area contributed by atoms with Crippen LogP contribution in [0.25, 0.3) is 11.3 Å². The van der Waals surface area contributed by atoms with Crippen molar-refractivity contribution >= 4 is 5.91 Å². The zero-order chi connectivity index (χ0) is 14.8. The fourth-order valence-electron chi connectivity index (χ4n) is 1.73. The maximum atomic E-state index is 12.0. The Hall–Kier alpha value is -2.43. The molecular weight excluding hydrogens is 254 g/mol. The predicted octanol–water partition coefficient (Wildman–Crippen LogP) is 1.97. The highest BCUT2D eigenvalue weighted by Gasteiger charge is 2.19. The number of amides is 1. The van der Waals surface area contributed by atoms with E-state index in [0.717, 1.165) is 5.56 Å². The number of nitrogens with zero attached hydrogens (tertiary/aromatic N) is 1. The summed E-state index contributed by atoms with van der Waals surface area (Å²) < 4.78 is 0. The van der Waals surface area contributed by atoms with Gasteiger partial charge in [0.15, 0.2) is 5.69 Å². The SMILES string of the molecule is CC(C)(C)NC(=O)c1ncc(-c2ccccc2)[nH]c1=O. The first-order chi connectivity index (χ1) is 9.37. The molecule has 0 bridgehead atoms. The van der Waals surface area contributed by atoms with Crippen LogP contribution in [0.1, 0.15) is 31.3 Å². The van der Waals surface area contributed by atoms with Gasteiger partial charge in [-0.25, -0.2) is 4.98 Å². The third kappa shape index (κ3) is 3.32. The second kappa shape index (κ2) is 5.28.